The number of nitrogens with zero attached hydrogens (tertiary/aromatic N) is 4. The summed E-state index contributed by atoms with van der Waals surface area (Å²) in [5.41, 5.74) is 1.40. The molecule has 0 fully saturated rings. The molecule has 0 saturated carbocycles. The maximum atomic E-state index is 12.3. The Hall–Kier alpha value is -3.73. The first-order valence-corrected chi connectivity index (χ1v) is 7.41. The number of benzene rings is 1. The Bertz CT molecular complexity index is 973. The van der Waals surface area contributed by atoms with Gasteiger partial charge >= 0.3 is 0 Å². The summed E-state index contributed by atoms with van der Waals surface area (Å²) in [5.74, 6) is 1.36. The quantitative estimate of drug-likeness (QED) is 0.753. The van der Waals surface area contributed by atoms with Crippen molar-refractivity contribution in [3.8, 4) is 6.07 Å². The zero-order valence-corrected chi connectivity index (χ0v) is 13.6. The molecule has 0 radical (unpaired) electrons. The van der Waals surface area contributed by atoms with Crippen molar-refractivity contribution < 1.29 is 9.32 Å². The van der Waals surface area contributed by atoms with E-state index in [2.05, 4.69) is 31.8 Å². The topological polar surface area (TPSA) is 117 Å². The molecule has 0 aliphatic heterocycles. The van der Waals surface area contributed by atoms with E-state index in [4.69, 9.17) is 9.78 Å². The van der Waals surface area contributed by atoms with E-state index in [1.807, 2.05) is 0 Å². The predicted molar refractivity (Wildman–Crippen MR) is 90.4 cm³/mol. The number of nitrogens with one attached hydrogen (secondary N) is 2. The number of aromatic nitrogens is 3. The van der Waals surface area contributed by atoms with Crippen molar-refractivity contribution in [3.05, 3.63) is 59.2 Å². The fourth-order valence-corrected chi connectivity index (χ4v) is 2.17. The van der Waals surface area contributed by atoms with Gasteiger partial charge in [0.1, 0.15) is 23.1 Å². The van der Waals surface area contributed by atoms with Crippen LogP contribution in [0.5, 0.6) is 0 Å². The van der Waals surface area contributed by atoms with Gasteiger partial charge in [-0.3, -0.25) is 4.79 Å². The van der Waals surface area contributed by atoms with Crippen molar-refractivity contribution in [1.82, 2.24) is 15.1 Å². The molecule has 124 valence electrons. The van der Waals surface area contributed by atoms with Gasteiger partial charge in [0.2, 0.25) is 0 Å². The highest BCUT2D eigenvalue weighted by molar-refractivity contribution is 6.02. The number of carbonyl (C=O) groups excluding carboxylic acids is 1. The second kappa shape index (κ2) is 6.80. The largest absolute Gasteiger partial charge is 0.360 e. The van der Waals surface area contributed by atoms with Gasteiger partial charge in [0.25, 0.3) is 5.91 Å². The second-order valence-electron chi connectivity index (χ2n) is 5.28. The maximum absolute atomic E-state index is 12.3. The molecule has 0 atom stereocenters. The number of rotatable bonds is 4. The lowest BCUT2D eigenvalue weighted by atomic mass is 10.2. The van der Waals surface area contributed by atoms with Crippen LogP contribution in [0.25, 0.3) is 0 Å². The lowest BCUT2D eigenvalue weighted by Crippen LogP contribution is -2.15. The first kappa shape index (κ1) is 16.1. The summed E-state index contributed by atoms with van der Waals surface area (Å²) in [5, 5.41) is 18.4. The summed E-state index contributed by atoms with van der Waals surface area (Å²) in [6, 6.07) is 12.2. The molecule has 3 rings (SSSR count). The number of carbonyl (C=O) groups is 1. The third-order valence-corrected chi connectivity index (χ3v) is 3.20. The molecule has 8 nitrogen and oxygen atoms in total. The summed E-state index contributed by atoms with van der Waals surface area (Å²) in [7, 11) is 0. The van der Waals surface area contributed by atoms with Crippen LogP contribution in [0.1, 0.15) is 27.6 Å². The highest BCUT2D eigenvalue weighted by atomic mass is 16.5. The van der Waals surface area contributed by atoms with Crippen LogP contribution < -0.4 is 10.6 Å². The van der Waals surface area contributed by atoms with Gasteiger partial charge in [-0.2, -0.15) is 5.26 Å². The number of amides is 1. The van der Waals surface area contributed by atoms with Crippen molar-refractivity contribution in [2.75, 3.05) is 10.6 Å². The van der Waals surface area contributed by atoms with Crippen LogP contribution in [-0.4, -0.2) is 21.0 Å². The van der Waals surface area contributed by atoms with Gasteiger partial charge in [-0.25, -0.2) is 9.97 Å². The first-order chi connectivity index (χ1) is 12.0. The van der Waals surface area contributed by atoms with Crippen LogP contribution in [0.2, 0.25) is 0 Å². The molecular weight excluding hydrogens is 320 g/mol. The molecule has 0 bridgehead atoms. The van der Waals surface area contributed by atoms with Crippen LogP contribution in [0.15, 0.2) is 40.9 Å². The van der Waals surface area contributed by atoms with Crippen molar-refractivity contribution in [3.63, 3.8) is 0 Å². The monoisotopic (exact) mass is 334 g/mol. The Labute approximate surface area is 143 Å². The SMILES string of the molecule is Cc1nc(Nc2cccc(C#N)c2)cc(C(=O)Nc2cc(C)on2)n1. The van der Waals surface area contributed by atoms with Crippen LogP contribution in [0, 0.1) is 25.2 Å². The number of anilines is 3. The number of hydrogen-bond donors (Lipinski definition) is 2. The second-order valence-corrected chi connectivity index (χ2v) is 5.28. The van der Waals surface area contributed by atoms with Gasteiger partial charge in [-0.1, -0.05) is 11.2 Å². The van der Waals surface area contributed by atoms with Gasteiger partial charge in [-0.15, -0.1) is 0 Å². The third-order valence-electron chi connectivity index (χ3n) is 3.20. The van der Waals surface area contributed by atoms with Crippen molar-refractivity contribution in [1.29, 1.82) is 5.26 Å². The van der Waals surface area contributed by atoms with E-state index >= 15 is 0 Å². The van der Waals surface area contributed by atoms with Crippen molar-refractivity contribution in [2.24, 2.45) is 0 Å². The molecule has 0 aliphatic carbocycles. The van der Waals surface area contributed by atoms with Crippen LogP contribution >= 0.6 is 0 Å². The summed E-state index contributed by atoms with van der Waals surface area (Å²) in [4.78, 5) is 20.7. The molecule has 2 aromatic heterocycles. The Morgan fingerprint density at radius 2 is 2.00 bits per heavy atom. The van der Waals surface area contributed by atoms with Gasteiger partial charge in [0.05, 0.1) is 11.6 Å². The van der Waals surface area contributed by atoms with E-state index < -0.39 is 5.91 Å². The minimum atomic E-state index is -0.423. The highest BCUT2D eigenvalue weighted by Gasteiger charge is 2.13. The first-order valence-electron chi connectivity index (χ1n) is 7.41. The zero-order chi connectivity index (χ0) is 17.8. The average molecular weight is 334 g/mol. The average Bonchev–Trinajstić information content (AvgIpc) is 2.99. The molecule has 2 heterocycles. The summed E-state index contributed by atoms with van der Waals surface area (Å²) in [6.45, 7) is 3.42. The molecule has 1 amide bonds. The maximum Gasteiger partial charge on any atom is 0.275 e. The molecular formula is C17H14N6O2. The fraction of sp³-hybridized carbons (Fsp3) is 0.118. The van der Waals surface area contributed by atoms with E-state index in [0.717, 1.165) is 0 Å². The minimum absolute atomic E-state index is 0.187. The lowest BCUT2D eigenvalue weighted by molar-refractivity contribution is 0.102. The van der Waals surface area contributed by atoms with Crippen LogP contribution in [0.3, 0.4) is 0 Å². The van der Waals surface area contributed by atoms with Gasteiger partial charge in [0, 0.05) is 17.8 Å². The number of aryl methyl sites for hydroxylation is 2. The van der Waals surface area contributed by atoms with E-state index in [-0.39, 0.29) is 5.69 Å². The minimum Gasteiger partial charge on any atom is -0.360 e. The number of hydrogen-bond acceptors (Lipinski definition) is 7. The molecule has 8 heteroatoms. The molecule has 25 heavy (non-hydrogen) atoms. The fourth-order valence-electron chi connectivity index (χ4n) is 2.17. The van der Waals surface area contributed by atoms with Crippen LogP contribution in [0.4, 0.5) is 17.3 Å². The molecule has 0 unspecified atom stereocenters. The Balaban J connectivity index is 1.82. The Morgan fingerprint density at radius 1 is 1.16 bits per heavy atom. The van der Waals surface area contributed by atoms with E-state index in [9.17, 15) is 4.79 Å². The lowest BCUT2D eigenvalue weighted by Gasteiger charge is -2.08. The van der Waals surface area contributed by atoms with Gasteiger partial charge in [-0.05, 0) is 32.0 Å². The van der Waals surface area contributed by atoms with Crippen LogP contribution in [-0.2, 0) is 0 Å². The molecule has 3 aromatic rings. The molecule has 0 spiro atoms. The predicted octanol–water partition coefficient (Wildman–Crippen LogP) is 2.95. The van der Waals surface area contributed by atoms with Gasteiger partial charge in [0.15, 0.2) is 5.82 Å². The molecule has 2 N–H and O–H groups in total. The van der Waals surface area contributed by atoms with Crippen molar-refractivity contribution >= 4 is 23.2 Å². The summed E-state index contributed by atoms with van der Waals surface area (Å²) < 4.78 is 4.91. The Kier molecular flexibility index (Phi) is 4.39. The smallest absolute Gasteiger partial charge is 0.275 e. The van der Waals surface area contributed by atoms with E-state index in [1.54, 1.807) is 44.2 Å². The van der Waals surface area contributed by atoms with E-state index in [0.29, 0.717) is 34.5 Å². The molecule has 0 saturated heterocycles. The summed E-state index contributed by atoms with van der Waals surface area (Å²) >= 11 is 0. The van der Waals surface area contributed by atoms with E-state index in [1.165, 1.54) is 6.07 Å². The molecule has 0 aliphatic rings. The highest BCUT2D eigenvalue weighted by Crippen LogP contribution is 2.17. The van der Waals surface area contributed by atoms with Crippen molar-refractivity contribution in [2.45, 2.75) is 13.8 Å². The van der Waals surface area contributed by atoms with Gasteiger partial charge < -0.3 is 15.2 Å². The summed E-state index contributed by atoms with van der Waals surface area (Å²) in [6.07, 6.45) is 0. The number of nitriles is 1. The normalized spacial score (nSPS) is 10.1. The zero-order valence-electron chi connectivity index (χ0n) is 13.6. The third kappa shape index (κ3) is 3.97. The Morgan fingerprint density at radius 3 is 2.72 bits per heavy atom. The standard InChI is InChI=1S/C17H14N6O2/c1-10-6-16(23-25-10)22-17(24)14-8-15(20-11(2)19-14)21-13-5-3-4-12(7-13)9-18/h3-8H,1-2H3,(H,19,20,21)(H,22,23,24). The molecule has 1 aromatic carbocycles.